The van der Waals surface area contributed by atoms with Gasteiger partial charge in [0.2, 0.25) is 0 Å². The Morgan fingerprint density at radius 3 is 2.44 bits per heavy atom. The molecular formula is C16H24N2. The van der Waals surface area contributed by atoms with Crippen LogP contribution in [0.1, 0.15) is 50.8 Å². The van der Waals surface area contributed by atoms with Gasteiger partial charge in [-0.25, -0.2) is 0 Å². The molecule has 18 heavy (non-hydrogen) atoms. The van der Waals surface area contributed by atoms with Gasteiger partial charge in [0, 0.05) is 19.0 Å². The van der Waals surface area contributed by atoms with Crippen LogP contribution >= 0.6 is 0 Å². The Bertz CT molecular complexity index is 398. The second kappa shape index (κ2) is 6.56. The highest BCUT2D eigenvalue weighted by molar-refractivity contribution is 5.23. The maximum absolute atomic E-state index is 8.64. The summed E-state index contributed by atoms with van der Waals surface area (Å²) in [6.07, 6.45) is 1.57. The molecule has 0 saturated carbocycles. The standard InChI is InChI=1S/C16H24N2/c1-13-6-8-15(9-7-13)14(2)18-12-16(3,4)10-5-11-17/h6-9,14,18H,5,10,12H2,1-4H3/t14-/m0/s1. The highest BCUT2D eigenvalue weighted by atomic mass is 14.9. The second-order valence-electron chi connectivity index (χ2n) is 5.84. The van der Waals surface area contributed by atoms with Gasteiger partial charge in [0.1, 0.15) is 0 Å². The van der Waals surface area contributed by atoms with Gasteiger partial charge in [-0.1, -0.05) is 43.7 Å². The monoisotopic (exact) mass is 244 g/mol. The van der Waals surface area contributed by atoms with E-state index in [-0.39, 0.29) is 5.41 Å². The van der Waals surface area contributed by atoms with Crippen LogP contribution in [0.4, 0.5) is 0 Å². The molecule has 0 amide bonds. The fourth-order valence-corrected chi connectivity index (χ4v) is 1.89. The summed E-state index contributed by atoms with van der Waals surface area (Å²) < 4.78 is 0. The average molecular weight is 244 g/mol. The van der Waals surface area contributed by atoms with Crippen molar-refractivity contribution in [3.63, 3.8) is 0 Å². The number of nitrogens with zero attached hydrogens (tertiary/aromatic N) is 1. The minimum absolute atomic E-state index is 0.175. The molecular weight excluding hydrogens is 220 g/mol. The molecule has 0 spiro atoms. The molecule has 2 nitrogen and oxygen atoms in total. The molecule has 0 radical (unpaired) electrons. The Balaban J connectivity index is 2.48. The molecule has 1 rings (SSSR count). The molecule has 0 aliphatic carbocycles. The van der Waals surface area contributed by atoms with E-state index in [0.29, 0.717) is 12.5 Å². The fraction of sp³-hybridized carbons (Fsp3) is 0.562. The zero-order valence-corrected chi connectivity index (χ0v) is 12.0. The van der Waals surface area contributed by atoms with E-state index >= 15 is 0 Å². The van der Waals surface area contributed by atoms with Gasteiger partial charge in [0.15, 0.2) is 0 Å². The largest absolute Gasteiger partial charge is 0.310 e. The van der Waals surface area contributed by atoms with Crippen molar-refractivity contribution >= 4 is 0 Å². The summed E-state index contributed by atoms with van der Waals surface area (Å²) >= 11 is 0. The van der Waals surface area contributed by atoms with Crippen LogP contribution in [0.15, 0.2) is 24.3 Å². The Morgan fingerprint density at radius 1 is 1.28 bits per heavy atom. The first-order valence-electron chi connectivity index (χ1n) is 6.61. The van der Waals surface area contributed by atoms with Crippen molar-refractivity contribution in [3.05, 3.63) is 35.4 Å². The summed E-state index contributed by atoms with van der Waals surface area (Å²) in [5.74, 6) is 0. The van der Waals surface area contributed by atoms with Crippen LogP contribution in [0.25, 0.3) is 0 Å². The molecule has 0 unspecified atom stereocenters. The number of nitriles is 1. The third-order valence-corrected chi connectivity index (χ3v) is 3.38. The van der Waals surface area contributed by atoms with Crippen molar-refractivity contribution < 1.29 is 0 Å². The van der Waals surface area contributed by atoms with Crippen LogP contribution in [-0.4, -0.2) is 6.54 Å². The smallest absolute Gasteiger partial charge is 0.0621 e. The third-order valence-electron chi connectivity index (χ3n) is 3.38. The van der Waals surface area contributed by atoms with E-state index in [9.17, 15) is 0 Å². The quantitative estimate of drug-likeness (QED) is 0.821. The van der Waals surface area contributed by atoms with Crippen molar-refractivity contribution in [2.45, 2.75) is 46.6 Å². The van der Waals surface area contributed by atoms with E-state index in [4.69, 9.17) is 5.26 Å². The molecule has 1 aromatic rings. The summed E-state index contributed by atoms with van der Waals surface area (Å²) in [5, 5.41) is 12.2. The molecule has 98 valence electrons. The number of aryl methyl sites for hydroxylation is 1. The summed E-state index contributed by atoms with van der Waals surface area (Å²) in [5.41, 5.74) is 2.78. The summed E-state index contributed by atoms with van der Waals surface area (Å²) in [6.45, 7) is 9.64. The highest BCUT2D eigenvalue weighted by Gasteiger charge is 2.18. The van der Waals surface area contributed by atoms with E-state index in [1.54, 1.807) is 0 Å². The average Bonchev–Trinajstić information content (AvgIpc) is 2.35. The van der Waals surface area contributed by atoms with Crippen LogP contribution < -0.4 is 5.32 Å². The molecule has 0 aromatic heterocycles. The topological polar surface area (TPSA) is 35.8 Å². The van der Waals surface area contributed by atoms with Crippen molar-refractivity contribution in [1.29, 1.82) is 5.26 Å². The molecule has 1 N–H and O–H groups in total. The van der Waals surface area contributed by atoms with Crippen LogP contribution in [0.3, 0.4) is 0 Å². The van der Waals surface area contributed by atoms with Gasteiger partial charge in [0.05, 0.1) is 6.07 Å². The minimum Gasteiger partial charge on any atom is -0.310 e. The number of rotatable bonds is 6. The molecule has 1 atom stereocenters. The molecule has 0 bridgehead atoms. The first kappa shape index (κ1) is 14.7. The Labute approximate surface area is 111 Å². The van der Waals surface area contributed by atoms with Crippen LogP contribution in [0.2, 0.25) is 0 Å². The van der Waals surface area contributed by atoms with Gasteiger partial charge in [-0.05, 0) is 31.2 Å². The van der Waals surface area contributed by atoms with Crippen LogP contribution in [-0.2, 0) is 0 Å². The predicted molar refractivity (Wildman–Crippen MR) is 76.2 cm³/mol. The van der Waals surface area contributed by atoms with Gasteiger partial charge < -0.3 is 5.32 Å². The number of benzene rings is 1. The van der Waals surface area contributed by atoms with Gasteiger partial charge >= 0.3 is 0 Å². The molecule has 0 aliphatic rings. The van der Waals surface area contributed by atoms with Gasteiger partial charge in [-0.3, -0.25) is 0 Å². The Morgan fingerprint density at radius 2 is 1.89 bits per heavy atom. The van der Waals surface area contributed by atoms with E-state index in [1.165, 1.54) is 11.1 Å². The van der Waals surface area contributed by atoms with Crippen molar-refractivity contribution in [2.24, 2.45) is 5.41 Å². The van der Waals surface area contributed by atoms with E-state index < -0.39 is 0 Å². The van der Waals surface area contributed by atoms with Crippen LogP contribution in [0, 0.1) is 23.7 Å². The summed E-state index contributed by atoms with van der Waals surface area (Å²) in [6, 6.07) is 11.2. The SMILES string of the molecule is Cc1ccc([C@H](C)NCC(C)(C)CCC#N)cc1. The molecule has 0 heterocycles. The maximum atomic E-state index is 8.64. The maximum Gasteiger partial charge on any atom is 0.0621 e. The van der Waals surface area contributed by atoms with E-state index in [1.807, 2.05) is 0 Å². The van der Waals surface area contributed by atoms with Gasteiger partial charge in [-0.2, -0.15) is 5.26 Å². The van der Waals surface area contributed by atoms with Crippen molar-refractivity contribution in [3.8, 4) is 6.07 Å². The number of hydrogen-bond acceptors (Lipinski definition) is 2. The van der Waals surface area contributed by atoms with Crippen LogP contribution in [0.5, 0.6) is 0 Å². The molecule has 0 aliphatic heterocycles. The zero-order valence-electron chi connectivity index (χ0n) is 12.0. The Kier molecular flexibility index (Phi) is 5.37. The summed E-state index contributed by atoms with van der Waals surface area (Å²) in [4.78, 5) is 0. The fourth-order valence-electron chi connectivity index (χ4n) is 1.89. The Hall–Kier alpha value is -1.33. The molecule has 1 aromatic carbocycles. The minimum atomic E-state index is 0.175. The first-order chi connectivity index (χ1) is 8.44. The van der Waals surface area contributed by atoms with Crippen molar-refractivity contribution in [2.75, 3.05) is 6.54 Å². The van der Waals surface area contributed by atoms with Crippen molar-refractivity contribution in [1.82, 2.24) is 5.32 Å². The molecule has 0 fully saturated rings. The molecule has 0 saturated heterocycles. The second-order valence-corrected chi connectivity index (χ2v) is 5.84. The summed E-state index contributed by atoms with van der Waals surface area (Å²) in [7, 11) is 0. The highest BCUT2D eigenvalue weighted by Crippen LogP contribution is 2.22. The molecule has 2 heteroatoms. The van der Waals surface area contributed by atoms with Gasteiger partial charge in [0.25, 0.3) is 0 Å². The lowest BCUT2D eigenvalue weighted by atomic mass is 9.87. The van der Waals surface area contributed by atoms with E-state index in [0.717, 1.165) is 13.0 Å². The van der Waals surface area contributed by atoms with E-state index in [2.05, 4.69) is 63.3 Å². The third kappa shape index (κ3) is 4.89. The normalized spacial score (nSPS) is 13.1. The number of hydrogen-bond donors (Lipinski definition) is 1. The zero-order chi connectivity index (χ0) is 13.6. The lowest BCUT2D eigenvalue weighted by molar-refractivity contribution is 0.305. The number of nitrogens with one attached hydrogen (secondary N) is 1. The predicted octanol–water partition coefficient (Wildman–Crippen LogP) is 3.98. The lowest BCUT2D eigenvalue weighted by Crippen LogP contribution is -2.31. The van der Waals surface area contributed by atoms with Gasteiger partial charge in [-0.15, -0.1) is 0 Å². The first-order valence-corrected chi connectivity index (χ1v) is 6.61. The lowest BCUT2D eigenvalue weighted by Gasteiger charge is -2.26.